The summed E-state index contributed by atoms with van der Waals surface area (Å²) < 4.78 is 5.61. The minimum atomic E-state index is -1.05. The van der Waals surface area contributed by atoms with Gasteiger partial charge in [0.1, 0.15) is 11.5 Å². The van der Waals surface area contributed by atoms with Gasteiger partial charge in [0, 0.05) is 23.9 Å². The molecular formula is C32H36N2O5S. The van der Waals surface area contributed by atoms with Crippen molar-refractivity contribution in [2.75, 3.05) is 18.0 Å². The number of carbonyl (C=O) groups is 3. The topological polar surface area (TPSA) is 87.2 Å². The number of hydrogen-bond acceptors (Lipinski definition) is 5. The van der Waals surface area contributed by atoms with Gasteiger partial charge in [0.05, 0.1) is 11.7 Å². The number of piperidine rings is 1. The number of carbonyl (C=O) groups excluding carboxylic acids is 2. The normalized spacial score (nSPS) is 21.0. The molecule has 1 saturated heterocycles. The highest BCUT2D eigenvalue weighted by Gasteiger charge is 2.38. The molecule has 2 heterocycles. The average molecular weight is 561 g/mol. The number of likely N-dealkylation sites (tertiary alicyclic amines) is 1. The number of amides is 2. The summed E-state index contributed by atoms with van der Waals surface area (Å²) in [6.45, 7) is 3.24. The lowest BCUT2D eigenvalue weighted by atomic mass is 9.82. The highest BCUT2D eigenvalue weighted by atomic mass is 32.1. The molecule has 5 rings (SSSR count). The van der Waals surface area contributed by atoms with Crippen molar-refractivity contribution in [1.82, 2.24) is 4.90 Å². The second kappa shape index (κ2) is 12.7. The number of rotatable bonds is 7. The lowest BCUT2D eigenvalue weighted by Crippen LogP contribution is -2.53. The molecule has 1 N–H and O–H groups in total. The fraction of sp³-hybridized carbons (Fsp3) is 0.406. The van der Waals surface area contributed by atoms with Gasteiger partial charge in [-0.3, -0.25) is 4.79 Å². The Hall–Kier alpha value is -3.65. The van der Waals surface area contributed by atoms with Gasteiger partial charge in [0.25, 0.3) is 0 Å². The van der Waals surface area contributed by atoms with Crippen molar-refractivity contribution in [1.29, 1.82) is 0 Å². The average Bonchev–Trinajstić information content (AvgIpc) is 3.43. The van der Waals surface area contributed by atoms with Gasteiger partial charge in [0.2, 0.25) is 5.91 Å². The van der Waals surface area contributed by atoms with Gasteiger partial charge in [-0.25, -0.2) is 9.59 Å². The van der Waals surface area contributed by atoms with Crippen LogP contribution in [0.2, 0.25) is 0 Å². The third-order valence-electron chi connectivity index (χ3n) is 8.05. The van der Waals surface area contributed by atoms with Gasteiger partial charge in [-0.05, 0) is 61.6 Å². The molecule has 0 radical (unpaired) electrons. The van der Waals surface area contributed by atoms with E-state index < -0.39 is 12.1 Å². The van der Waals surface area contributed by atoms with Crippen molar-refractivity contribution in [2.24, 2.45) is 11.8 Å². The predicted octanol–water partition coefficient (Wildman–Crippen LogP) is 7.07. The van der Waals surface area contributed by atoms with Crippen molar-refractivity contribution in [3.8, 4) is 10.4 Å². The maximum Gasteiger partial charge on any atom is 0.410 e. The van der Waals surface area contributed by atoms with Crippen LogP contribution in [0.3, 0.4) is 0 Å². The zero-order valence-corrected chi connectivity index (χ0v) is 23.6. The molecule has 2 aromatic carbocycles. The molecule has 3 aromatic rings. The number of hydrogen-bond donors (Lipinski definition) is 1. The van der Waals surface area contributed by atoms with Crippen molar-refractivity contribution < 1.29 is 24.2 Å². The number of aromatic carboxylic acids is 1. The van der Waals surface area contributed by atoms with E-state index in [2.05, 4.69) is 6.92 Å². The van der Waals surface area contributed by atoms with Gasteiger partial charge < -0.3 is 19.6 Å². The standard InChI is InChI=1S/C32H36N2O5S/c1-22-14-16-25(17-15-22)30(35)34(27-19-28(40-29(27)31(36)37)24-11-6-3-7-12-24)26-13-8-18-33(20-26)32(38)39-21-23-9-4-2-5-10-23/h2-7,9-12,19,22,25-26H,8,13-18,20-21H2,1H3,(H,36,37). The SMILES string of the molecule is CC1CCC(C(=O)N(c2cc(-c3ccccc3)sc2C(=O)O)C2CCCN(C(=O)OCc3ccccc3)C2)CC1. The first-order valence-electron chi connectivity index (χ1n) is 14.1. The smallest absolute Gasteiger partial charge is 0.410 e. The molecule has 0 spiro atoms. The molecule has 210 valence electrons. The summed E-state index contributed by atoms with van der Waals surface area (Å²) in [4.78, 5) is 44.1. The summed E-state index contributed by atoms with van der Waals surface area (Å²) in [5.74, 6) is -0.649. The van der Waals surface area contributed by atoms with Crippen molar-refractivity contribution >= 4 is 35.0 Å². The van der Waals surface area contributed by atoms with Crippen LogP contribution in [0.15, 0.2) is 66.7 Å². The minimum Gasteiger partial charge on any atom is -0.477 e. The Morgan fingerprint density at radius 2 is 1.65 bits per heavy atom. The Morgan fingerprint density at radius 1 is 0.975 bits per heavy atom. The summed E-state index contributed by atoms with van der Waals surface area (Å²) in [5, 5.41) is 10.2. The minimum absolute atomic E-state index is 0.0312. The van der Waals surface area contributed by atoms with Crippen LogP contribution in [0.4, 0.5) is 10.5 Å². The van der Waals surface area contributed by atoms with E-state index in [9.17, 15) is 19.5 Å². The molecule has 1 aliphatic heterocycles. The van der Waals surface area contributed by atoms with E-state index in [4.69, 9.17) is 4.74 Å². The number of carboxylic acids is 1. The summed E-state index contributed by atoms with van der Waals surface area (Å²) in [7, 11) is 0. The van der Waals surface area contributed by atoms with Crippen LogP contribution in [0, 0.1) is 11.8 Å². The molecule has 2 amide bonds. The van der Waals surface area contributed by atoms with Crippen LogP contribution in [0.1, 0.15) is 60.7 Å². The number of thiophene rings is 1. The zero-order chi connectivity index (χ0) is 28.1. The Kier molecular flexibility index (Phi) is 8.85. The monoisotopic (exact) mass is 560 g/mol. The molecule has 40 heavy (non-hydrogen) atoms. The summed E-state index contributed by atoms with van der Waals surface area (Å²) in [5.41, 5.74) is 2.25. The molecule has 0 bridgehead atoms. The summed E-state index contributed by atoms with van der Waals surface area (Å²) in [6, 6.07) is 20.7. The van der Waals surface area contributed by atoms with Crippen LogP contribution in [0.5, 0.6) is 0 Å². The molecule has 1 aromatic heterocycles. The lowest BCUT2D eigenvalue weighted by Gasteiger charge is -2.41. The molecule has 7 nitrogen and oxygen atoms in total. The number of ether oxygens (including phenoxy) is 1. The first kappa shape index (κ1) is 27.9. The molecule has 2 aliphatic rings. The van der Waals surface area contributed by atoms with Crippen LogP contribution >= 0.6 is 11.3 Å². The predicted molar refractivity (Wildman–Crippen MR) is 157 cm³/mol. The number of benzene rings is 2. The Balaban J connectivity index is 1.44. The second-order valence-electron chi connectivity index (χ2n) is 10.9. The molecule has 8 heteroatoms. The Morgan fingerprint density at radius 3 is 2.33 bits per heavy atom. The number of nitrogens with zero attached hydrogens (tertiary/aromatic N) is 2. The highest BCUT2D eigenvalue weighted by Crippen LogP contribution is 2.41. The Labute approximate surface area is 239 Å². The fourth-order valence-corrected chi connectivity index (χ4v) is 6.79. The van der Waals surface area contributed by atoms with E-state index in [0.29, 0.717) is 37.5 Å². The van der Waals surface area contributed by atoms with E-state index in [1.54, 1.807) is 9.80 Å². The third-order valence-corrected chi connectivity index (χ3v) is 9.21. The van der Waals surface area contributed by atoms with Crippen LogP contribution in [0.25, 0.3) is 10.4 Å². The highest BCUT2D eigenvalue weighted by molar-refractivity contribution is 7.18. The molecule has 1 unspecified atom stereocenters. The molecule has 2 fully saturated rings. The van der Waals surface area contributed by atoms with Gasteiger partial charge in [0.15, 0.2) is 0 Å². The van der Waals surface area contributed by atoms with E-state index >= 15 is 0 Å². The largest absolute Gasteiger partial charge is 0.477 e. The maximum atomic E-state index is 14.2. The maximum absolute atomic E-state index is 14.2. The van der Waals surface area contributed by atoms with E-state index in [1.807, 2.05) is 66.7 Å². The molecule has 1 aliphatic carbocycles. The summed E-state index contributed by atoms with van der Waals surface area (Å²) in [6.07, 6.45) is 4.53. The fourth-order valence-electron chi connectivity index (χ4n) is 5.80. The molecular weight excluding hydrogens is 524 g/mol. The second-order valence-corrected chi connectivity index (χ2v) is 12.0. The van der Waals surface area contributed by atoms with E-state index in [1.165, 1.54) is 11.3 Å². The van der Waals surface area contributed by atoms with Gasteiger partial charge >= 0.3 is 12.1 Å². The molecule has 1 atom stereocenters. The quantitative estimate of drug-likeness (QED) is 0.334. The van der Waals surface area contributed by atoms with Crippen molar-refractivity contribution in [2.45, 2.75) is 58.1 Å². The van der Waals surface area contributed by atoms with Crippen LogP contribution in [-0.4, -0.2) is 47.1 Å². The number of carboxylic acid groups (broad SMARTS) is 1. The van der Waals surface area contributed by atoms with Crippen molar-refractivity contribution in [3.63, 3.8) is 0 Å². The third kappa shape index (κ3) is 6.39. The van der Waals surface area contributed by atoms with Crippen LogP contribution in [-0.2, 0) is 16.1 Å². The van der Waals surface area contributed by atoms with Crippen molar-refractivity contribution in [3.05, 3.63) is 77.2 Å². The van der Waals surface area contributed by atoms with Gasteiger partial charge in [-0.1, -0.05) is 67.6 Å². The first-order valence-corrected chi connectivity index (χ1v) is 14.9. The Bertz CT molecular complexity index is 1320. The molecule has 1 saturated carbocycles. The van der Waals surface area contributed by atoms with E-state index in [-0.39, 0.29) is 29.4 Å². The summed E-state index contributed by atoms with van der Waals surface area (Å²) >= 11 is 1.19. The van der Waals surface area contributed by atoms with Gasteiger partial charge in [-0.15, -0.1) is 11.3 Å². The van der Waals surface area contributed by atoms with Crippen LogP contribution < -0.4 is 4.90 Å². The zero-order valence-electron chi connectivity index (χ0n) is 22.8. The lowest BCUT2D eigenvalue weighted by molar-refractivity contribution is -0.124. The first-order chi connectivity index (χ1) is 19.4. The van der Waals surface area contributed by atoms with E-state index in [0.717, 1.165) is 41.7 Å². The number of anilines is 1. The van der Waals surface area contributed by atoms with Gasteiger partial charge in [-0.2, -0.15) is 0 Å².